The number of allylic oxidation sites excluding steroid dienone is 4. The van der Waals surface area contributed by atoms with Crippen molar-refractivity contribution in [1.29, 1.82) is 0 Å². The van der Waals surface area contributed by atoms with Gasteiger partial charge in [-0.1, -0.05) is 50.8 Å². The van der Waals surface area contributed by atoms with E-state index in [0.29, 0.717) is 6.42 Å². The van der Waals surface area contributed by atoms with E-state index in [1.54, 1.807) is 6.08 Å². The van der Waals surface area contributed by atoms with Crippen molar-refractivity contribution in [2.24, 2.45) is 0 Å². The van der Waals surface area contributed by atoms with Gasteiger partial charge in [0.25, 0.3) is 0 Å². The molecule has 1 nitrogen and oxygen atoms in total. The highest BCUT2D eigenvalue weighted by molar-refractivity contribution is 5.89. The van der Waals surface area contributed by atoms with Crippen LogP contribution < -0.4 is 0 Å². The molecule has 0 atom stereocenters. The van der Waals surface area contributed by atoms with E-state index in [1.807, 2.05) is 25.2 Å². The van der Waals surface area contributed by atoms with Crippen LogP contribution in [0.5, 0.6) is 0 Å². The van der Waals surface area contributed by atoms with Crippen LogP contribution in [-0.2, 0) is 4.79 Å². The SMILES string of the molecule is C/C=C/C=C/C(=O)CCCCCCC. The molecule has 0 aromatic heterocycles. The van der Waals surface area contributed by atoms with Gasteiger partial charge in [-0.05, 0) is 19.4 Å². The van der Waals surface area contributed by atoms with Gasteiger partial charge in [0.1, 0.15) is 0 Å². The summed E-state index contributed by atoms with van der Waals surface area (Å²) in [5.41, 5.74) is 0. The van der Waals surface area contributed by atoms with Gasteiger partial charge in [0.05, 0.1) is 0 Å². The van der Waals surface area contributed by atoms with Crippen molar-refractivity contribution in [1.82, 2.24) is 0 Å². The van der Waals surface area contributed by atoms with Crippen LogP contribution in [0.1, 0.15) is 52.4 Å². The molecule has 0 aliphatic rings. The summed E-state index contributed by atoms with van der Waals surface area (Å²) in [7, 11) is 0. The molecule has 0 bridgehead atoms. The van der Waals surface area contributed by atoms with E-state index in [4.69, 9.17) is 0 Å². The predicted molar refractivity (Wildman–Crippen MR) is 62.3 cm³/mol. The van der Waals surface area contributed by atoms with Gasteiger partial charge in [-0.15, -0.1) is 0 Å². The van der Waals surface area contributed by atoms with Crippen molar-refractivity contribution >= 4 is 5.78 Å². The molecule has 80 valence electrons. The summed E-state index contributed by atoms with van der Waals surface area (Å²) in [6.45, 7) is 4.14. The predicted octanol–water partition coefficient (Wildman–Crippen LogP) is 4.05. The largest absolute Gasteiger partial charge is 0.295 e. The molecule has 0 spiro atoms. The third-order valence-electron chi connectivity index (χ3n) is 2.11. The van der Waals surface area contributed by atoms with Crippen LogP contribution in [0.15, 0.2) is 24.3 Å². The molecule has 0 unspecified atom stereocenters. The monoisotopic (exact) mass is 194 g/mol. The summed E-state index contributed by atoms with van der Waals surface area (Å²) in [6, 6.07) is 0. The second-order valence-electron chi connectivity index (χ2n) is 3.52. The first-order valence-electron chi connectivity index (χ1n) is 5.63. The van der Waals surface area contributed by atoms with E-state index in [2.05, 4.69) is 6.92 Å². The van der Waals surface area contributed by atoms with Gasteiger partial charge in [-0.25, -0.2) is 0 Å². The summed E-state index contributed by atoms with van der Waals surface area (Å²) in [5, 5.41) is 0. The highest BCUT2D eigenvalue weighted by Gasteiger charge is 1.95. The second kappa shape index (κ2) is 10.2. The third-order valence-corrected chi connectivity index (χ3v) is 2.11. The molecule has 0 aliphatic carbocycles. The molecule has 0 aromatic carbocycles. The van der Waals surface area contributed by atoms with Crippen LogP contribution in [0.3, 0.4) is 0 Å². The van der Waals surface area contributed by atoms with Crippen molar-refractivity contribution in [3.63, 3.8) is 0 Å². The van der Waals surface area contributed by atoms with E-state index < -0.39 is 0 Å². The smallest absolute Gasteiger partial charge is 0.155 e. The van der Waals surface area contributed by atoms with Crippen LogP contribution in [0, 0.1) is 0 Å². The molecule has 0 N–H and O–H groups in total. The molecule has 0 saturated carbocycles. The zero-order chi connectivity index (χ0) is 10.6. The summed E-state index contributed by atoms with van der Waals surface area (Å²) >= 11 is 0. The standard InChI is InChI=1S/C13H22O/c1-3-5-7-8-10-12-13(14)11-9-6-4-2/h4,6,9,11H,3,5,7-8,10,12H2,1-2H3/b6-4+,11-9+. The molecule has 0 aromatic rings. The molecule has 0 radical (unpaired) electrons. The quantitative estimate of drug-likeness (QED) is 0.323. The fourth-order valence-corrected chi connectivity index (χ4v) is 1.26. The van der Waals surface area contributed by atoms with Crippen LogP contribution in [0.4, 0.5) is 0 Å². The summed E-state index contributed by atoms with van der Waals surface area (Å²) < 4.78 is 0. The summed E-state index contributed by atoms with van der Waals surface area (Å²) in [5.74, 6) is 0.250. The van der Waals surface area contributed by atoms with E-state index in [9.17, 15) is 4.79 Å². The van der Waals surface area contributed by atoms with Crippen LogP contribution >= 0.6 is 0 Å². The summed E-state index contributed by atoms with van der Waals surface area (Å²) in [4.78, 5) is 11.2. The lowest BCUT2D eigenvalue weighted by Crippen LogP contribution is -1.91. The Balaban J connectivity index is 3.35. The van der Waals surface area contributed by atoms with Crippen molar-refractivity contribution in [2.75, 3.05) is 0 Å². The molecule has 0 amide bonds. The molecular weight excluding hydrogens is 172 g/mol. The van der Waals surface area contributed by atoms with E-state index >= 15 is 0 Å². The van der Waals surface area contributed by atoms with Gasteiger partial charge < -0.3 is 0 Å². The number of carbonyl (C=O) groups excluding carboxylic acids is 1. The van der Waals surface area contributed by atoms with Crippen LogP contribution in [-0.4, -0.2) is 5.78 Å². The van der Waals surface area contributed by atoms with Gasteiger partial charge in [-0.2, -0.15) is 0 Å². The summed E-state index contributed by atoms with van der Waals surface area (Å²) in [6.07, 6.45) is 14.0. The van der Waals surface area contributed by atoms with Crippen molar-refractivity contribution in [3.8, 4) is 0 Å². The first-order valence-corrected chi connectivity index (χ1v) is 5.63. The Morgan fingerprint density at radius 1 is 1.07 bits per heavy atom. The second-order valence-corrected chi connectivity index (χ2v) is 3.52. The van der Waals surface area contributed by atoms with Crippen molar-refractivity contribution in [3.05, 3.63) is 24.3 Å². The van der Waals surface area contributed by atoms with Gasteiger partial charge in [0.15, 0.2) is 5.78 Å². The normalized spacial score (nSPS) is 11.6. The third kappa shape index (κ3) is 9.24. The van der Waals surface area contributed by atoms with Gasteiger partial charge in [-0.3, -0.25) is 4.79 Å². The first-order chi connectivity index (χ1) is 6.81. The highest BCUT2D eigenvalue weighted by atomic mass is 16.1. The van der Waals surface area contributed by atoms with E-state index in [1.165, 1.54) is 25.7 Å². The number of hydrogen-bond donors (Lipinski definition) is 0. The lowest BCUT2D eigenvalue weighted by molar-refractivity contribution is -0.114. The fourth-order valence-electron chi connectivity index (χ4n) is 1.26. The van der Waals surface area contributed by atoms with Gasteiger partial charge >= 0.3 is 0 Å². The van der Waals surface area contributed by atoms with Gasteiger partial charge in [0, 0.05) is 6.42 Å². The van der Waals surface area contributed by atoms with Gasteiger partial charge in [0.2, 0.25) is 0 Å². The lowest BCUT2D eigenvalue weighted by Gasteiger charge is -1.96. The minimum atomic E-state index is 0.250. The van der Waals surface area contributed by atoms with Crippen LogP contribution in [0.2, 0.25) is 0 Å². The maximum atomic E-state index is 11.2. The number of carbonyl (C=O) groups is 1. The minimum absolute atomic E-state index is 0.250. The highest BCUT2D eigenvalue weighted by Crippen LogP contribution is 2.05. The van der Waals surface area contributed by atoms with E-state index in [-0.39, 0.29) is 5.78 Å². The topological polar surface area (TPSA) is 17.1 Å². The lowest BCUT2D eigenvalue weighted by atomic mass is 10.1. The number of rotatable bonds is 8. The Labute approximate surface area is 87.9 Å². The molecule has 0 fully saturated rings. The number of ketones is 1. The number of unbranched alkanes of at least 4 members (excludes halogenated alkanes) is 4. The average Bonchev–Trinajstić information content (AvgIpc) is 2.18. The first kappa shape index (κ1) is 13.2. The van der Waals surface area contributed by atoms with Crippen molar-refractivity contribution < 1.29 is 4.79 Å². The Morgan fingerprint density at radius 3 is 2.43 bits per heavy atom. The Morgan fingerprint density at radius 2 is 1.79 bits per heavy atom. The Kier molecular flexibility index (Phi) is 9.61. The van der Waals surface area contributed by atoms with E-state index in [0.717, 1.165) is 6.42 Å². The Bertz CT molecular complexity index is 189. The molecule has 0 heterocycles. The van der Waals surface area contributed by atoms with Crippen LogP contribution in [0.25, 0.3) is 0 Å². The molecule has 14 heavy (non-hydrogen) atoms. The minimum Gasteiger partial charge on any atom is -0.295 e. The molecule has 0 saturated heterocycles. The molecule has 0 aliphatic heterocycles. The average molecular weight is 194 g/mol. The molecule has 0 rings (SSSR count). The number of hydrogen-bond acceptors (Lipinski definition) is 1. The zero-order valence-corrected chi connectivity index (χ0v) is 9.46. The van der Waals surface area contributed by atoms with Crippen molar-refractivity contribution in [2.45, 2.75) is 52.4 Å². The fraction of sp³-hybridized carbons (Fsp3) is 0.615. The maximum Gasteiger partial charge on any atom is 0.155 e. The molecule has 1 heteroatoms. The molecular formula is C13H22O. The zero-order valence-electron chi connectivity index (χ0n) is 9.46. The Hall–Kier alpha value is -0.850. The maximum absolute atomic E-state index is 11.2.